The van der Waals surface area contributed by atoms with E-state index in [1.807, 2.05) is 0 Å². The summed E-state index contributed by atoms with van der Waals surface area (Å²) in [6.45, 7) is 7.92. The largest absolute Gasteiger partial charge is 0.349 e. The van der Waals surface area contributed by atoms with Gasteiger partial charge in [-0.25, -0.2) is 0 Å². The standard InChI is InChI=1S/C9H19NO2/c1-8(2)6-10(3)7-9-11-4-5-12-9/h8-9H,4-7H2,1-3H3. The molecular formula is C9H19NO2. The van der Waals surface area contributed by atoms with E-state index in [4.69, 9.17) is 9.47 Å². The van der Waals surface area contributed by atoms with Crippen LogP contribution in [0.25, 0.3) is 0 Å². The van der Waals surface area contributed by atoms with Crippen LogP contribution in [0.15, 0.2) is 0 Å². The highest BCUT2D eigenvalue weighted by molar-refractivity contribution is 4.60. The molecule has 1 fully saturated rings. The van der Waals surface area contributed by atoms with Crippen molar-refractivity contribution in [2.75, 3.05) is 33.4 Å². The third-order valence-corrected chi connectivity index (χ3v) is 1.83. The number of nitrogens with zero attached hydrogens (tertiary/aromatic N) is 1. The first-order valence-electron chi connectivity index (χ1n) is 4.60. The van der Waals surface area contributed by atoms with Gasteiger partial charge in [-0.1, -0.05) is 13.8 Å². The Balaban J connectivity index is 2.11. The van der Waals surface area contributed by atoms with Crippen molar-refractivity contribution in [2.24, 2.45) is 5.92 Å². The minimum absolute atomic E-state index is 0.00810. The number of hydrogen-bond donors (Lipinski definition) is 0. The molecule has 0 N–H and O–H groups in total. The first-order chi connectivity index (χ1) is 5.68. The molecule has 1 heterocycles. The van der Waals surface area contributed by atoms with Gasteiger partial charge < -0.3 is 14.4 Å². The van der Waals surface area contributed by atoms with Gasteiger partial charge in [0.15, 0.2) is 6.29 Å². The SMILES string of the molecule is CC(C)CN(C)CC1OCCO1. The third kappa shape index (κ3) is 3.52. The molecule has 1 rings (SSSR count). The lowest BCUT2D eigenvalue weighted by Crippen LogP contribution is -2.32. The smallest absolute Gasteiger partial charge is 0.170 e. The Bertz CT molecular complexity index is 122. The van der Waals surface area contributed by atoms with Crippen molar-refractivity contribution in [1.82, 2.24) is 4.90 Å². The summed E-state index contributed by atoms with van der Waals surface area (Å²) >= 11 is 0. The molecule has 1 saturated heterocycles. The fraction of sp³-hybridized carbons (Fsp3) is 1.00. The lowest BCUT2D eigenvalue weighted by atomic mass is 10.2. The number of hydrogen-bond acceptors (Lipinski definition) is 3. The molecule has 0 radical (unpaired) electrons. The van der Waals surface area contributed by atoms with Gasteiger partial charge >= 0.3 is 0 Å². The summed E-state index contributed by atoms with van der Waals surface area (Å²) < 4.78 is 10.7. The lowest BCUT2D eigenvalue weighted by Gasteiger charge is -2.21. The van der Waals surface area contributed by atoms with Crippen molar-refractivity contribution < 1.29 is 9.47 Å². The van der Waals surface area contributed by atoms with Crippen LogP contribution in [0.1, 0.15) is 13.8 Å². The van der Waals surface area contributed by atoms with Gasteiger partial charge in [-0.15, -0.1) is 0 Å². The molecule has 3 nitrogen and oxygen atoms in total. The van der Waals surface area contributed by atoms with Gasteiger partial charge in [0.2, 0.25) is 0 Å². The molecule has 12 heavy (non-hydrogen) atoms. The zero-order valence-corrected chi connectivity index (χ0v) is 8.25. The Kier molecular flexibility index (Phi) is 3.98. The predicted molar refractivity (Wildman–Crippen MR) is 48.0 cm³/mol. The molecule has 0 saturated carbocycles. The van der Waals surface area contributed by atoms with Crippen molar-refractivity contribution in [2.45, 2.75) is 20.1 Å². The molecule has 0 amide bonds. The summed E-state index contributed by atoms with van der Waals surface area (Å²) in [5.74, 6) is 0.705. The lowest BCUT2D eigenvalue weighted by molar-refractivity contribution is -0.0592. The maximum Gasteiger partial charge on any atom is 0.170 e. The summed E-state index contributed by atoms with van der Waals surface area (Å²) in [6, 6.07) is 0. The Morgan fingerprint density at radius 1 is 1.33 bits per heavy atom. The summed E-state index contributed by atoms with van der Waals surface area (Å²) in [4.78, 5) is 2.25. The molecule has 0 spiro atoms. The molecule has 1 aliphatic rings. The van der Waals surface area contributed by atoms with Crippen LogP contribution in [0.5, 0.6) is 0 Å². The van der Waals surface area contributed by atoms with E-state index in [9.17, 15) is 0 Å². The van der Waals surface area contributed by atoms with Gasteiger partial charge in [0.05, 0.1) is 13.2 Å². The van der Waals surface area contributed by atoms with Gasteiger partial charge in [0.25, 0.3) is 0 Å². The molecular weight excluding hydrogens is 154 g/mol. The van der Waals surface area contributed by atoms with Crippen molar-refractivity contribution in [3.63, 3.8) is 0 Å². The number of ether oxygens (including phenoxy) is 2. The Hall–Kier alpha value is -0.120. The third-order valence-electron chi connectivity index (χ3n) is 1.83. The van der Waals surface area contributed by atoms with Gasteiger partial charge in [-0.05, 0) is 13.0 Å². The highest BCUT2D eigenvalue weighted by atomic mass is 16.7. The molecule has 0 aromatic rings. The molecule has 0 atom stereocenters. The Morgan fingerprint density at radius 3 is 2.42 bits per heavy atom. The average Bonchev–Trinajstić information content (AvgIpc) is 2.37. The minimum atomic E-state index is 0.00810. The monoisotopic (exact) mass is 173 g/mol. The van der Waals surface area contributed by atoms with E-state index in [0.29, 0.717) is 5.92 Å². The molecule has 0 aromatic carbocycles. The molecule has 0 aliphatic carbocycles. The van der Waals surface area contributed by atoms with E-state index in [1.54, 1.807) is 0 Å². The molecule has 0 aromatic heterocycles. The summed E-state index contributed by atoms with van der Waals surface area (Å²) in [6.07, 6.45) is 0.00810. The molecule has 72 valence electrons. The van der Waals surface area contributed by atoms with Crippen molar-refractivity contribution >= 4 is 0 Å². The van der Waals surface area contributed by atoms with Gasteiger partial charge in [0.1, 0.15) is 0 Å². The van der Waals surface area contributed by atoms with E-state index in [0.717, 1.165) is 26.3 Å². The second-order valence-electron chi connectivity index (χ2n) is 3.79. The fourth-order valence-corrected chi connectivity index (χ4v) is 1.47. The summed E-state index contributed by atoms with van der Waals surface area (Å²) in [5.41, 5.74) is 0. The van der Waals surface area contributed by atoms with Crippen LogP contribution < -0.4 is 0 Å². The zero-order chi connectivity index (χ0) is 8.97. The summed E-state index contributed by atoms with van der Waals surface area (Å²) in [5, 5.41) is 0. The fourth-order valence-electron chi connectivity index (χ4n) is 1.47. The van der Waals surface area contributed by atoms with Crippen LogP contribution >= 0.6 is 0 Å². The number of likely N-dealkylation sites (N-methyl/N-ethyl adjacent to an activating group) is 1. The summed E-state index contributed by atoms with van der Waals surface area (Å²) in [7, 11) is 2.10. The van der Waals surface area contributed by atoms with E-state index in [2.05, 4.69) is 25.8 Å². The van der Waals surface area contributed by atoms with Gasteiger partial charge in [-0.2, -0.15) is 0 Å². The molecule has 0 bridgehead atoms. The normalized spacial score (nSPS) is 19.8. The second-order valence-corrected chi connectivity index (χ2v) is 3.79. The highest BCUT2D eigenvalue weighted by Gasteiger charge is 2.17. The molecule has 0 unspecified atom stereocenters. The van der Waals surface area contributed by atoms with Crippen LogP contribution in [0.2, 0.25) is 0 Å². The first-order valence-corrected chi connectivity index (χ1v) is 4.60. The van der Waals surface area contributed by atoms with Gasteiger partial charge in [-0.3, -0.25) is 0 Å². The van der Waals surface area contributed by atoms with Crippen LogP contribution in [0.3, 0.4) is 0 Å². The van der Waals surface area contributed by atoms with Crippen molar-refractivity contribution in [1.29, 1.82) is 0 Å². The predicted octanol–water partition coefficient (Wildman–Crippen LogP) is 0.947. The number of rotatable bonds is 4. The van der Waals surface area contributed by atoms with E-state index in [-0.39, 0.29) is 6.29 Å². The maximum atomic E-state index is 5.34. The van der Waals surface area contributed by atoms with Crippen LogP contribution in [-0.2, 0) is 9.47 Å². The zero-order valence-electron chi connectivity index (χ0n) is 8.25. The average molecular weight is 173 g/mol. The Labute approximate surface area is 74.6 Å². The van der Waals surface area contributed by atoms with Crippen molar-refractivity contribution in [3.8, 4) is 0 Å². The van der Waals surface area contributed by atoms with Crippen molar-refractivity contribution in [3.05, 3.63) is 0 Å². The first kappa shape index (κ1) is 9.96. The van der Waals surface area contributed by atoms with Crippen LogP contribution in [0.4, 0.5) is 0 Å². The topological polar surface area (TPSA) is 21.7 Å². The second kappa shape index (κ2) is 4.80. The van der Waals surface area contributed by atoms with Crippen LogP contribution in [-0.4, -0.2) is 44.5 Å². The van der Waals surface area contributed by atoms with Crippen LogP contribution in [0, 0.1) is 5.92 Å². The minimum Gasteiger partial charge on any atom is -0.349 e. The molecule has 3 heteroatoms. The van der Waals surface area contributed by atoms with E-state index < -0.39 is 0 Å². The quantitative estimate of drug-likeness (QED) is 0.631. The van der Waals surface area contributed by atoms with Gasteiger partial charge in [0, 0.05) is 13.1 Å². The highest BCUT2D eigenvalue weighted by Crippen LogP contribution is 2.06. The Morgan fingerprint density at radius 2 is 1.92 bits per heavy atom. The molecule has 1 aliphatic heterocycles. The van der Waals surface area contributed by atoms with E-state index in [1.165, 1.54) is 0 Å². The van der Waals surface area contributed by atoms with E-state index >= 15 is 0 Å². The maximum absolute atomic E-state index is 5.34.